The van der Waals surface area contributed by atoms with E-state index in [1.165, 1.54) is 6.07 Å². The zero-order valence-electron chi connectivity index (χ0n) is 9.04. The van der Waals surface area contributed by atoms with Gasteiger partial charge in [0.25, 0.3) is 0 Å². The van der Waals surface area contributed by atoms with Gasteiger partial charge in [0.1, 0.15) is 5.82 Å². The van der Waals surface area contributed by atoms with E-state index >= 15 is 0 Å². The Labute approximate surface area is 103 Å². The molecule has 1 saturated heterocycles. The molecule has 1 aliphatic heterocycles. The van der Waals surface area contributed by atoms with E-state index in [1.807, 2.05) is 13.0 Å². The highest BCUT2D eigenvalue weighted by atomic mass is 79.9. The van der Waals surface area contributed by atoms with E-state index in [1.54, 1.807) is 0 Å². The average molecular weight is 289 g/mol. The fourth-order valence-corrected chi connectivity index (χ4v) is 2.80. The second-order valence-electron chi connectivity index (χ2n) is 4.18. The van der Waals surface area contributed by atoms with Crippen molar-refractivity contribution in [2.24, 2.45) is 0 Å². The van der Waals surface area contributed by atoms with Crippen molar-refractivity contribution in [2.75, 3.05) is 6.61 Å². The van der Waals surface area contributed by atoms with E-state index in [9.17, 15) is 9.50 Å². The van der Waals surface area contributed by atoms with Gasteiger partial charge in [0.2, 0.25) is 0 Å². The molecule has 16 heavy (non-hydrogen) atoms. The lowest BCUT2D eigenvalue weighted by atomic mass is 9.98. The largest absolute Gasteiger partial charge is 0.393 e. The Hall–Kier alpha value is -0.450. The minimum atomic E-state index is -0.397. The summed E-state index contributed by atoms with van der Waals surface area (Å²) in [6, 6.07) is 3.35. The monoisotopic (exact) mass is 288 g/mol. The molecule has 0 aliphatic carbocycles. The molecule has 0 saturated carbocycles. The van der Waals surface area contributed by atoms with Crippen LogP contribution < -0.4 is 0 Å². The maximum Gasteiger partial charge on any atom is 0.130 e. The number of aliphatic hydroxyl groups is 1. The summed E-state index contributed by atoms with van der Waals surface area (Å²) in [5.41, 5.74) is 1.38. The number of rotatable bonds is 1. The van der Waals surface area contributed by atoms with Gasteiger partial charge in [-0.05, 0) is 31.0 Å². The first-order chi connectivity index (χ1) is 7.58. The maximum absolute atomic E-state index is 13.8. The van der Waals surface area contributed by atoms with Gasteiger partial charge in [-0.15, -0.1) is 0 Å². The normalized spacial score (nSPS) is 25.8. The fraction of sp³-hybridized carbons (Fsp3) is 0.500. The smallest absolute Gasteiger partial charge is 0.130 e. The van der Waals surface area contributed by atoms with Crippen LogP contribution in [-0.2, 0) is 4.74 Å². The summed E-state index contributed by atoms with van der Waals surface area (Å²) < 4.78 is 20.0. The van der Waals surface area contributed by atoms with Crippen LogP contribution in [0.2, 0.25) is 0 Å². The first-order valence-corrected chi connectivity index (χ1v) is 6.12. The third kappa shape index (κ3) is 2.44. The molecule has 1 aliphatic rings. The molecule has 2 nitrogen and oxygen atoms in total. The molecule has 1 aromatic rings. The van der Waals surface area contributed by atoms with Crippen LogP contribution >= 0.6 is 15.9 Å². The zero-order valence-corrected chi connectivity index (χ0v) is 10.6. The molecule has 1 N–H and O–H groups in total. The van der Waals surface area contributed by atoms with Crippen molar-refractivity contribution in [1.82, 2.24) is 0 Å². The van der Waals surface area contributed by atoms with Crippen molar-refractivity contribution >= 4 is 15.9 Å². The molecular weight excluding hydrogens is 275 g/mol. The molecule has 2 atom stereocenters. The van der Waals surface area contributed by atoms with Gasteiger partial charge in [-0.3, -0.25) is 0 Å². The van der Waals surface area contributed by atoms with E-state index < -0.39 is 6.10 Å². The number of ether oxygens (including phenoxy) is 1. The molecule has 1 fully saturated rings. The van der Waals surface area contributed by atoms with E-state index in [0.717, 1.165) is 5.56 Å². The highest BCUT2D eigenvalue weighted by Crippen LogP contribution is 2.35. The molecular formula is C12H14BrFO2. The number of aliphatic hydroxyl groups excluding tert-OH is 1. The van der Waals surface area contributed by atoms with E-state index in [0.29, 0.717) is 29.5 Å². The lowest BCUT2D eigenvalue weighted by Gasteiger charge is -2.27. The van der Waals surface area contributed by atoms with Crippen LogP contribution in [0.4, 0.5) is 4.39 Å². The van der Waals surface area contributed by atoms with Gasteiger partial charge in [0.05, 0.1) is 12.2 Å². The molecule has 0 radical (unpaired) electrons. The van der Waals surface area contributed by atoms with E-state index in [4.69, 9.17) is 4.74 Å². The van der Waals surface area contributed by atoms with Crippen LogP contribution in [0.25, 0.3) is 0 Å². The Morgan fingerprint density at radius 2 is 2.25 bits per heavy atom. The van der Waals surface area contributed by atoms with Gasteiger partial charge in [-0.2, -0.15) is 0 Å². The Kier molecular flexibility index (Phi) is 3.62. The summed E-state index contributed by atoms with van der Waals surface area (Å²) in [6.45, 7) is 2.32. The highest BCUT2D eigenvalue weighted by Gasteiger charge is 2.26. The third-order valence-electron chi connectivity index (χ3n) is 2.80. The maximum atomic E-state index is 13.8. The first kappa shape index (κ1) is 12.0. The molecule has 0 spiro atoms. The van der Waals surface area contributed by atoms with Crippen molar-refractivity contribution in [3.05, 3.63) is 33.5 Å². The lowest BCUT2D eigenvalue weighted by molar-refractivity contribution is -0.0464. The van der Waals surface area contributed by atoms with Gasteiger partial charge < -0.3 is 9.84 Å². The SMILES string of the molecule is Cc1cc(F)c(C2CC(O)CCO2)c(Br)c1. The minimum absolute atomic E-state index is 0.272. The van der Waals surface area contributed by atoms with Gasteiger partial charge in [0, 0.05) is 23.1 Å². The quantitative estimate of drug-likeness (QED) is 0.860. The van der Waals surface area contributed by atoms with Crippen molar-refractivity contribution < 1.29 is 14.2 Å². The van der Waals surface area contributed by atoms with Crippen LogP contribution in [0.5, 0.6) is 0 Å². The fourth-order valence-electron chi connectivity index (χ4n) is 2.00. The second-order valence-corrected chi connectivity index (χ2v) is 5.03. The third-order valence-corrected chi connectivity index (χ3v) is 3.46. The minimum Gasteiger partial charge on any atom is -0.393 e. The summed E-state index contributed by atoms with van der Waals surface area (Å²) >= 11 is 3.35. The number of halogens is 2. The Morgan fingerprint density at radius 1 is 1.50 bits per heavy atom. The number of benzene rings is 1. The summed E-state index contributed by atoms with van der Waals surface area (Å²) in [7, 11) is 0. The summed E-state index contributed by atoms with van der Waals surface area (Å²) in [5.74, 6) is -0.272. The van der Waals surface area contributed by atoms with Crippen molar-refractivity contribution in [2.45, 2.75) is 32.0 Å². The molecule has 2 unspecified atom stereocenters. The average Bonchev–Trinajstić information content (AvgIpc) is 2.15. The van der Waals surface area contributed by atoms with Crippen molar-refractivity contribution in [1.29, 1.82) is 0 Å². The number of aryl methyl sites for hydroxylation is 1. The molecule has 0 aromatic heterocycles. The van der Waals surface area contributed by atoms with Crippen LogP contribution in [0.15, 0.2) is 16.6 Å². The van der Waals surface area contributed by atoms with Crippen molar-refractivity contribution in [3.63, 3.8) is 0 Å². The Balaban J connectivity index is 2.32. The van der Waals surface area contributed by atoms with Gasteiger partial charge in [-0.1, -0.05) is 15.9 Å². The predicted molar refractivity (Wildman–Crippen MR) is 62.8 cm³/mol. The number of hydrogen-bond acceptors (Lipinski definition) is 2. The summed E-state index contributed by atoms with van der Waals surface area (Å²) in [5, 5.41) is 9.56. The van der Waals surface area contributed by atoms with Gasteiger partial charge in [-0.25, -0.2) is 4.39 Å². The second kappa shape index (κ2) is 4.82. The molecule has 88 valence electrons. The zero-order chi connectivity index (χ0) is 11.7. The van der Waals surface area contributed by atoms with Crippen LogP contribution in [0, 0.1) is 12.7 Å². The van der Waals surface area contributed by atoms with Crippen LogP contribution in [-0.4, -0.2) is 17.8 Å². The van der Waals surface area contributed by atoms with E-state index in [2.05, 4.69) is 15.9 Å². The Morgan fingerprint density at radius 3 is 2.88 bits per heavy atom. The highest BCUT2D eigenvalue weighted by molar-refractivity contribution is 9.10. The van der Waals surface area contributed by atoms with Gasteiger partial charge in [0.15, 0.2) is 0 Å². The summed E-state index contributed by atoms with van der Waals surface area (Å²) in [4.78, 5) is 0. The topological polar surface area (TPSA) is 29.5 Å². The standard InChI is InChI=1S/C12H14BrFO2/c1-7-4-9(13)12(10(14)5-7)11-6-8(15)2-3-16-11/h4-5,8,11,15H,2-3,6H2,1H3. The summed E-state index contributed by atoms with van der Waals surface area (Å²) in [6.07, 6.45) is 0.338. The molecule has 0 bridgehead atoms. The van der Waals surface area contributed by atoms with Crippen LogP contribution in [0.3, 0.4) is 0 Å². The van der Waals surface area contributed by atoms with Crippen molar-refractivity contribution in [3.8, 4) is 0 Å². The predicted octanol–water partition coefficient (Wildman–Crippen LogP) is 3.11. The lowest BCUT2D eigenvalue weighted by Crippen LogP contribution is -2.24. The molecule has 1 heterocycles. The molecule has 1 aromatic carbocycles. The molecule has 0 amide bonds. The number of hydrogen-bond donors (Lipinski definition) is 1. The first-order valence-electron chi connectivity index (χ1n) is 5.33. The van der Waals surface area contributed by atoms with Gasteiger partial charge >= 0.3 is 0 Å². The van der Waals surface area contributed by atoms with Crippen LogP contribution in [0.1, 0.15) is 30.1 Å². The molecule has 4 heteroatoms. The van der Waals surface area contributed by atoms with E-state index in [-0.39, 0.29) is 11.9 Å². The molecule has 2 rings (SSSR count). The Bertz CT molecular complexity index is 372.